The molecule has 3 heterocycles. The van der Waals surface area contributed by atoms with E-state index in [0.717, 1.165) is 44.8 Å². The summed E-state index contributed by atoms with van der Waals surface area (Å²) in [6, 6.07) is 3.20. The summed E-state index contributed by atoms with van der Waals surface area (Å²) in [6.45, 7) is 6.15. The Hall–Kier alpha value is -2.48. The second-order valence-electron chi connectivity index (χ2n) is 6.36. The number of nitrogens with zero attached hydrogens (tertiary/aromatic N) is 4. The van der Waals surface area contributed by atoms with Gasteiger partial charge in [-0.1, -0.05) is 0 Å². The first-order valence-electron chi connectivity index (χ1n) is 8.72. The minimum atomic E-state index is -0.357. The van der Waals surface area contributed by atoms with Crippen LogP contribution in [0, 0.1) is 5.92 Å². The first-order chi connectivity index (χ1) is 12.2. The number of nitrogens with one attached hydrogen (secondary N) is 2. The minimum absolute atomic E-state index is 0.159. The number of likely N-dealkylation sites (tertiary alicyclic amines) is 1. The summed E-state index contributed by atoms with van der Waals surface area (Å²) in [6.07, 6.45) is 5.28. The highest BCUT2D eigenvalue weighted by Gasteiger charge is 2.22. The molecule has 2 aromatic heterocycles. The molecule has 3 rings (SSSR count). The summed E-state index contributed by atoms with van der Waals surface area (Å²) in [5.41, 5.74) is -0.199. The van der Waals surface area contributed by atoms with Crippen LogP contribution >= 0.6 is 0 Å². The highest BCUT2D eigenvalue weighted by atomic mass is 16.2. The molecule has 0 aliphatic carbocycles. The summed E-state index contributed by atoms with van der Waals surface area (Å²) in [5.74, 6) is 1.03. The predicted octanol–water partition coefficient (Wildman–Crippen LogP) is 0.628. The molecule has 0 radical (unpaired) electrons. The topological polar surface area (TPSA) is 95.9 Å². The Labute approximate surface area is 146 Å². The van der Waals surface area contributed by atoms with E-state index in [-0.39, 0.29) is 17.0 Å². The van der Waals surface area contributed by atoms with E-state index in [4.69, 9.17) is 0 Å². The van der Waals surface area contributed by atoms with Gasteiger partial charge < -0.3 is 10.3 Å². The fourth-order valence-corrected chi connectivity index (χ4v) is 3.27. The third kappa shape index (κ3) is 4.33. The lowest BCUT2D eigenvalue weighted by Gasteiger charge is -2.32. The third-order valence-electron chi connectivity index (χ3n) is 4.58. The summed E-state index contributed by atoms with van der Waals surface area (Å²) >= 11 is 0. The van der Waals surface area contributed by atoms with Crippen LogP contribution in [0.4, 0.5) is 0 Å². The van der Waals surface area contributed by atoms with Crippen molar-refractivity contribution in [3.8, 4) is 0 Å². The molecule has 8 heteroatoms. The van der Waals surface area contributed by atoms with Gasteiger partial charge in [0, 0.05) is 25.8 Å². The van der Waals surface area contributed by atoms with E-state index >= 15 is 0 Å². The Bertz CT molecular complexity index is 768. The maximum atomic E-state index is 12.2. The van der Waals surface area contributed by atoms with Crippen molar-refractivity contribution in [1.82, 2.24) is 30.0 Å². The largest absolute Gasteiger partial charge is 0.352 e. The maximum absolute atomic E-state index is 12.2. The second kappa shape index (κ2) is 8.06. The van der Waals surface area contributed by atoms with E-state index in [1.165, 1.54) is 6.20 Å². The van der Waals surface area contributed by atoms with E-state index in [1.807, 2.05) is 4.68 Å². The Kier molecular flexibility index (Phi) is 5.60. The number of piperidine rings is 1. The number of pyridine rings is 1. The number of carbonyl (C=O) groups is 1. The molecule has 1 amide bonds. The van der Waals surface area contributed by atoms with Gasteiger partial charge in [-0.3, -0.25) is 14.5 Å². The van der Waals surface area contributed by atoms with Gasteiger partial charge in [-0.25, -0.2) is 9.67 Å². The molecule has 1 saturated heterocycles. The molecule has 0 aromatic carbocycles. The van der Waals surface area contributed by atoms with E-state index in [9.17, 15) is 9.59 Å². The molecular weight excluding hydrogens is 320 g/mol. The lowest BCUT2D eigenvalue weighted by molar-refractivity contribution is 0.0928. The van der Waals surface area contributed by atoms with Gasteiger partial charge in [0.15, 0.2) is 0 Å². The SMILES string of the molecule is CCn1ncnc1CN1CCC[C@H](CNC(=O)c2ccc[nH]c2=O)C1. The van der Waals surface area contributed by atoms with Crippen LogP contribution in [-0.2, 0) is 13.1 Å². The Morgan fingerprint density at radius 1 is 1.48 bits per heavy atom. The van der Waals surface area contributed by atoms with Gasteiger partial charge in [0.25, 0.3) is 11.5 Å². The molecule has 0 unspecified atom stereocenters. The highest BCUT2D eigenvalue weighted by Crippen LogP contribution is 2.17. The number of hydrogen-bond donors (Lipinski definition) is 2. The van der Waals surface area contributed by atoms with Crippen LogP contribution in [0.25, 0.3) is 0 Å². The molecule has 0 spiro atoms. The molecule has 1 fully saturated rings. The molecule has 1 aliphatic heterocycles. The van der Waals surface area contributed by atoms with E-state index < -0.39 is 0 Å². The zero-order chi connectivity index (χ0) is 17.6. The number of H-pyrrole nitrogens is 1. The molecule has 0 saturated carbocycles. The number of aryl methyl sites for hydroxylation is 1. The molecule has 1 atom stereocenters. The maximum Gasteiger partial charge on any atom is 0.260 e. The summed E-state index contributed by atoms with van der Waals surface area (Å²) in [5, 5.41) is 7.10. The number of hydrogen-bond acceptors (Lipinski definition) is 5. The van der Waals surface area contributed by atoms with Crippen LogP contribution in [0.1, 0.15) is 35.9 Å². The average molecular weight is 344 g/mol. The number of aromatic amines is 1. The fourth-order valence-electron chi connectivity index (χ4n) is 3.27. The molecule has 134 valence electrons. The molecule has 25 heavy (non-hydrogen) atoms. The smallest absolute Gasteiger partial charge is 0.260 e. The van der Waals surface area contributed by atoms with Crippen LogP contribution in [0.2, 0.25) is 0 Å². The van der Waals surface area contributed by atoms with Gasteiger partial charge in [0.2, 0.25) is 0 Å². The second-order valence-corrected chi connectivity index (χ2v) is 6.36. The zero-order valence-electron chi connectivity index (χ0n) is 14.4. The van der Waals surface area contributed by atoms with Crippen LogP contribution in [0.15, 0.2) is 29.5 Å². The number of carbonyl (C=O) groups excluding carboxylic acids is 1. The Morgan fingerprint density at radius 2 is 2.36 bits per heavy atom. The quantitative estimate of drug-likeness (QED) is 0.801. The van der Waals surface area contributed by atoms with Crippen molar-refractivity contribution in [3.05, 3.63) is 46.4 Å². The molecule has 8 nitrogen and oxygen atoms in total. The molecular formula is C17H24N6O2. The van der Waals surface area contributed by atoms with Crippen molar-refractivity contribution in [2.24, 2.45) is 5.92 Å². The molecule has 2 N–H and O–H groups in total. The third-order valence-corrected chi connectivity index (χ3v) is 4.58. The molecule has 1 aliphatic rings. The lowest BCUT2D eigenvalue weighted by atomic mass is 9.98. The first-order valence-corrected chi connectivity index (χ1v) is 8.72. The highest BCUT2D eigenvalue weighted by molar-refractivity contribution is 5.93. The monoisotopic (exact) mass is 344 g/mol. The average Bonchev–Trinajstić information content (AvgIpc) is 3.07. The van der Waals surface area contributed by atoms with Gasteiger partial charge in [0.1, 0.15) is 17.7 Å². The van der Waals surface area contributed by atoms with Crippen LogP contribution in [0.5, 0.6) is 0 Å². The lowest BCUT2D eigenvalue weighted by Crippen LogP contribution is -2.41. The normalized spacial score (nSPS) is 18.2. The summed E-state index contributed by atoms with van der Waals surface area (Å²) in [4.78, 5) is 33.0. The van der Waals surface area contributed by atoms with Crippen LogP contribution in [-0.4, -0.2) is 50.2 Å². The van der Waals surface area contributed by atoms with Crippen LogP contribution in [0.3, 0.4) is 0 Å². The van der Waals surface area contributed by atoms with Gasteiger partial charge in [-0.2, -0.15) is 5.10 Å². The Balaban J connectivity index is 1.53. The van der Waals surface area contributed by atoms with E-state index in [0.29, 0.717) is 12.5 Å². The van der Waals surface area contributed by atoms with Crippen molar-refractivity contribution in [2.45, 2.75) is 32.9 Å². The van der Waals surface area contributed by atoms with Crippen molar-refractivity contribution in [1.29, 1.82) is 0 Å². The molecule has 0 bridgehead atoms. The van der Waals surface area contributed by atoms with Gasteiger partial charge >= 0.3 is 0 Å². The number of rotatable bonds is 6. The zero-order valence-corrected chi connectivity index (χ0v) is 14.4. The van der Waals surface area contributed by atoms with E-state index in [2.05, 4.69) is 32.2 Å². The van der Waals surface area contributed by atoms with Gasteiger partial charge in [0.05, 0.1) is 6.54 Å². The minimum Gasteiger partial charge on any atom is -0.352 e. The van der Waals surface area contributed by atoms with Crippen molar-refractivity contribution >= 4 is 5.91 Å². The summed E-state index contributed by atoms with van der Waals surface area (Å²) in [7, 11) is 0. The predicted molar refractivity (Wildman–Crippen MR) is 93.1 cm³/mol. The van der Waals surface area contributed by atoms with Crippen molar-refractivity contribution < 1.29 is 4.79 Å². The number of amides is 1. The number of aromatic nitrogens is 4. The molecule has 2 aromatic rings. The summed E-state index contributed by atoms with van der Waals surface area (Å²) < 4.78 is 1.91. The van der Waals surface area contributed by atoms with Gasteiger partial charge in [-0.05, 0) is 44.4 Å². The fraction of sp³-hybridized carbons (Fsp3) is 0.529. The van der Waals surface area contributed by atoms with Crippen molar-refractivity contribution in [2.75, 3.05) is 19.6 Å². The standard InChI is InChI=1S/C17H24N6O2/c1-2-23-15(20-12-21-23)11-22-8-4-5-13(10-22)9-19-17(25)14-6-3-7-18-16(14)24/h3,6-7,12-13H,2,4-5,8-11H2,1H3,(H,18,24)(H,19,25)/t13-/m1/s1. The van der Waals surface area contributed by atoms with Crippen LogP contribution < -0.4 is 10.9 Å². The van der Waals surface area contributed by atoms with Gasteiger partial charge in [-0.15, -0.1) is 0 Å². The first kappa shape index (κ1) is 17.3. The van der Waals surface area contributed by atoms with E-state index in [1.54, 1.807) is 18.5 Å². The Morgan fingerprint density at radius 3 is 3.16 bits per heavy atom. The van der Waals surface area contributed by atoms with Crippen molar-refractivity contribution in [3.63, 3.8) is 0 Å².